The van der Waals surface area contributed by atoms with Crippen LogP contribution in [0.4, 0.5) is 0 Å². The van der Waals surface area contributed by atoms with Gasteiger partial charge in [0.25, 0.3) is 0 Å². The Bertz CT molecular complexity index is 519. The van der Waals surface area contributed by atoms with Crippen molar-refractivity contribution >= 4 is 0 Å². The highest BCUT2D eigenvalue weighted by Gasteiger charge is 2.32. The van der Waals surface area contributed by atoms with Crippen LogP contribution in [0.3, 0.4) is 0 Å². The van der Waals surface area contributed by atoms with Crippen molar-refractivity contribution in [1.29, 1.82) is 0 Å². The van der Waals surface area contributed by atoms with E-state index in [9.17, 15) is 0 Å². The Hall–Kier alpha value is -0.870. The number of hydrogen-bond donors (Lipinski definition) is 0. The molecule has 1 aromatic rings. The molecule has 1 saturated carbocycles. The van der Waals surface area contributed by atoms with Gasteiger partial charge >= 0.3 is 0 Å². The third-order valence-corrected chi connectivity index (χ3v) is 6.45. The van der Waals surface area contributed by atoms with Crippen molar-refractivity contribution in [3.63, 3.8) is 0 Å². The van der Waals surface area contributed by atoms with Crippen molar-refractivity contribution in [3.05, 3.63) is 17.5 Å². The van der Waals surface area contributed by atoms with Gasteiger partial charge in [-0.05, 0) is 77.5 Å². The Morgan fingerprint density at radius 3 is 2.43 bits per heavy atom. The molecule has 1 aliphatic carbocycles. The van der Waals surface area contributed by atoms with Crippen LogP contribution in [-0.2, 0) is 13.6 Å². The van der Waals surface area contributed by atoms with Crippen LogP contribution in [-0.4, -0.2) is 51.8 Å². The second-order valence-electron chi connectivity index (χ2n) is 8.05. The standard InChI is InChI=1S/C19H32N4/c1-15(23-9-3-4-10-23)16-7-11-22(12-8-16)14-18-13-20-21(2)19(18)17-5-6-17/h13,15-17H,3-12,14H2,1-2H3. The Labute approximate surface area is 140 Å². The number of rotatable bonds is 5. The normalized spacial score (nSPS) is 26.0. The van der Waals surface area contributed by atoms with Crippen molar-refractivity contribution in [1.82, 2.24) is 19.6 Å². The Kier molecular flexibility index (Phi) is 4.46. The highest BCUT2D eigenvalue weighted by atomic mass is 15.3. The predicted molar refractivity (Wildman–Crippen MR) is 93.5 cm³/mol. The number of likely N-dealkylation sites (tertiary alicyclic amines) is 2. The molecule has 1 aromatic heterocycles. The molecule has 23 heavy (non-hydrogen) atoms. The van der Waals surface area contributed by atoms with Crippen molar-refractivity contribution < 1.29 is 0 Å². The second-order valence-corrected chi connectivity index (χ2v) is 8.05. The van der Waals surface area contributed by atoms with Gasteiger partial charge < -0.3 is 4.90 Å². The lowest BCUT2D eigenvalue weighted by Crippen LogP contribution is -2.43. The Morgan fingerprint density at radius 1 is 1.09 bits per heavy atom. The fraction of sp³-hybridized carbons (Fsp3) is 0.842. The van der Waals surface area contributed by atoms with Crippen LogP contribution >= 0.6 is 0 Å². The van der Waals surface area contributed by atoms with Crippen LogP contribution in [0, 0.1) is 5.92 Å². The first-order valence-electron chi connectivity index (χ1n) is 9.69. The van der Waals surface area contributed by atoms with Crippen molar-refractivity contribution in [2.75, 3.05) is 26.2 Å². The van der Waals surface area contributed by atoms with E-state index in [1.165, 1.54) is 76.0 Å². The minimum atomic E-state index is 0.792. The topological polar surface area (TPSA) is 24.3 Å². The van der Waals surface area contributed by atoms with E-state index in [4.69, 9.17) is 0 Å². The van der Waals surface area contributed by atoms with Crippen molar-refractivity contribution in [2.45, 2.75) is 64.0 Å². The van der Waals surface area contributed by atoms with Gasteiger partial charge in [-0.15, -0.1) is 0 Å². The second kappa shape index (κ2) is 6.56. The van der Waals surface area contributed by atoms with Gasteiger partial charge in [-0.2, -0.15) is 5.10 Å². The lowest BCUT2D eigenvalue weighted by atomic mass is 9.89. The Balaban J connectivity index is 1.31. The highest BCUT2D eigenvalue weighted by Crippen LogP contribution is 2.41. The van der Waals surface area contributed by atoms with Gasteiger partial charge in [0, 0.05) is 36.8 Å². The molecule has 4 rings (SSSR count). The summed E-state index contributed by atoms with van der Waals surface area (Å²) in [5.41, 5.74) is 3.00. The quantitative estimate of drug-likeness (QED) is 0.834. The van der Waals surface area contributed by atoms with Gasteiger partial charge in [0.1, 0.15) is 0 Å². The van der Waals surface area contributed by atoms with E-state index in [0.29, 0.717) is 0 Å². The molecule has 128 valence electrons. The Morgan fingerprint density at radius 2 is 1.78 bits per heavy atom. The van der Waals surface area contributed by atoms with E-state index < -0.39 is 0 Å². The number of aryl methyl sites for hydroxylation is 1. The molecule has 1 unspecified atom stereocenters. The average Bonchev–Trinajstić information content (AvgIpc) is 3.11. The molecule has 2 saturated heterocycles. The first-order valence-corrected chi connectivity index (χ1v) is 9.69. The molecule has 0 aromatic carbocycles. The molecular formula is C19H32N4. The molecule has 4 heteroatoms. The lowest BCUT2D eigenvalue weighted by Gasteiger charge is -2.38. The average molecular weight is 316 g/mol. The monoisotopic (exact) mass is 316 g/mol. The molecule has 0 radical (unpaired) electrons. The minimum absolute atomic E-state index is 0.792. The van der Waals surface area contributed by atoms with E-state index in [1.54, 1.807) is 0 Å². The van der Waals surface area contributed by atoms with Crippen LogP contribution in [0.5, 0.6) is 0 Å². The van der Waals surface area contributed by atoms with E-state index in [2.05, 4.69) is 39.7 Å². The zero-order valence-electron chi connectivity index (χ0n) is 14.9. The molecule has 1 atom stereocenters. The number of piperidine rings is 1. The molecular weight excluding hydrogens is 284 g/mol. The van der Waals surface area contributed by atoms with Gasteiger partial charge in [-0.25, -0.2) is 0 Å². The van der Waals surface area contributed by atoms with Gasteiger partial charge in [0.2, 0.25) is 0 Å². The van der Waals surface area contributed by atoms with E-state index in [0.717, 1.165) is 24.4 Å². The molecule has 2 aliphatic heterocycles. The molecule has 3 heterocycles. The first-order chi connectivity index (χ1) is 11.2. The minimum Gasteiger partial charge on any atom is -0.300 e. The summed E-state index contributed by atoms with van der Waals surface area (Å²) >= 11 is 0. The maximum atomic E-state index is 4.52. The maximum Gasteiger partial charge on any atom is 0.0537 e. The van der Waals surface area contributed by atoms with Crippen LogP contribution in [0.25, 0.3) is 0 Å². The largest absolute Gasteiger partial charge is 0.300 e. The van der Waals surface area contributed by atoms with Crippen LogP contribution in [0.1, 0.15) is 62.6 Å². The third-order valence-electron chi connectivity index (χ3n) is 6.45. The van der Waals surface area contributed by atoms with Gasteiger partial charge in [0.15, 0.2) is 0 Å². The van der Waals surface area contributed by atoms with E-state index >= 15 is 0 Å². The van der Waals surface area contributed by atoms with Crippen LogP contribution in [0.15, 0.2) is 6.20 Å². The molecule has 0 bridgehead atoms. The fourth-order valence-electron chi connectivity index (χ4n) is 4.78. The third kappa shape index (κ3) is 3.34. The van der Waals surface area contributed by atoms with Crippen molar-refractivity contribution in [3.8, 4) is 0 Å². The summed E-state index contributed by atoms with van der Waals surface area (Å²) in [6.45, 7) is 8.79. The summed E-state index contributed by atoms with van der Waals surface area (Å²) in [6.07, 6.45) is 10.4. The highest BCUT2D eigenvalue weighted by molar-refractivity contribution is 5.25. The zero-order chi connectivity index (χ0) is 15.8. The zero-order valence-corrected chi connectivity index (χ0v) is 14.9. The summed E-state index contributed by atoms with van der Waals surface area (Å²) < 4.78 is 2.12. The van der Waals surface area contributed by atoms with Gasteiger partial charge in [0.05, 0.1) is 6.20 Å². The molecule has 0 N–H and O–H groups in total. The molecule has 3 fully saturated rings. The van der Waals surface area contributed by atoms with Gasteiger partial charge in [-0.1, -0.05) is 0 Å². The summed E-state index contributed by atoms with van der Waals surface area (Å²) in [6, 6.07) is 0.792. The van der Waals surface area contributed by atoms with Crippen molar-refractivity contribution in [2.24, 2.45) is 13.0 Å². The number of aromatic nitrogens is 2. The van der Waals surface area contributed by atoms with E-state index in [1.807, 2.05) is 0 Å². The number of nitrogens with zero attached hydrogens (tertiary/aromatic N) is 4. The SMILES string of the molecule is CC(C1CCN(Cc2cnn(C)c2C2CC2)CC1)N1CCCC1. The number of hydrogen-bond acceptors (Lipinski definition) is 3. The van der Waals surface area contributed by atoms with Crippen LogP contribution in [0.2, 0.25) is 0 Å². The molecule has 4 nitrogen and oxygen atoms in total. The summed E-state index contributed by atoms with van der Waals surface area (Å²) in [5.74, 6) is 1.70. The molecule has 0 amide bonds. The van der Waals surface area contributed by atoms with E-state index in [-0.39, 0.29) is 0 Å². The fourth-order valence-corrected chi connectivity index (χ4v) is 4.78. The molecule has 0 spiro atoms. The predicted octanol–water partition coefficient (Wildman–Crippen LogP) is 2.99. The molecule has 3 aliphatic rings. The summed E-state index contributed by atoms with van der Waals surface area (Å²) in [4.78, 5) is 5.39. The summed E-state index contributed by atoms with van der Waals surface area (Å²) in [5, 5.41) is 4.52. The summed E-state index contributed by atoms with van der Waals surface area (Å²) in [7, 11) is 2.11. The maximum absolute atomic E-state index is 4.52. The lowest BCUT2D eigenvalue weighted by molar-refractivity contribution is 0.107. The smallest absolute Gasteiger partial charge is 0.0537 e. The van der Waals surface area contributed by atoms with Gasteiger partial charge in [-0.3, -0.25) is 9.58 Å². The van der Waals surface area contributed by atoms with Crippen LogP contribution < -0.4 is 0 Å². The first kappa shape index (κ1) is 15.6.